The van der Waals surface area contributed by atoms with Crippen LogP contribution in [0.5, 0.6) is 0 Å². The average molecular weight is 251 g/mol. The van der Waals surface area contributed by atoms with Gasteiger partial charge in [0, 0.05) is 0 Å². The number of hydrogen-bond donors (Lipinski definition) is 0. The van der Waals surface area contributed by atoms with Gasteiger partial charge in [0.25, 0.3) is 0 Å². The Morgan fingerprint density at radius 2 is 2.06 bits per heavy atom. The van der Waals surface area contributed by atoms with Crippen LogP contribution in [0.4, 0.5) is 0 Å². The van der Waals surface area contributed by atoms with Gasteiger partial charge in [-0.1, -0.05) is 18.2 Å². The molecule has 1 unspecified atom stereocenters. The molecule has 0 bridgehead atoms. The summed E-state index contributed by atoms with van der Waals surface area (Å²) in [7, 11) is 0. The summed E-state index contributed by atoms with van der Waals surface area (Å²) in [4.78, 5) is 0. The molecule has 0 aliphatic heterocycles. The van der Waals surface area contributed by atoms with Crippen molar-refractivity contribution in [3.05, 3.63) is 57.3 Å². The van der Waals surface area contributed by atoms with Gasteiger partial charge in [-0.25, -0.2) is 0 Å². The van der Waals surface area contributed by atoms with Crippen LogP contribution in [0.3, 0.4) is 0 Å². The van der Waals surface area contributed by atoms with Crippen LogP contribution >= 0.6 is 22.9 Å². The maximum atomic E-state index is 6.48. The van der Waals surface area contributed by atoms with Gasteiger partial charge in [-0.15, -0.1) is 11.6 Å². The fraction of sp³-hybridized carbons (Fsp3) is 0.286. The van der Waals surface area contributed by atoms with E-state index in [0.29, 0.717) is 0 Å². The van der Waals surface area contributed by atoms with Gasteiger partial charge in [-0.3, -0.25) is 0 Å². The smallest absolute Gasteiger partial charge is 0.0628 e. The molecule has 1 atom stereocenters. The Hall–Kier alpha value is -0.790. The van der Waals surface area contributed by atoms with E-state index in [9.17, 15) is 0 Å². The molecule has 0 aliphatic carbocycles. The molecule has 84 valence electrons. The fourth-order valence-electron chi connectivity index (χ4n) is 1.84. The molecular formula is C14H15ClS. The molecular weight excluding hydrogens is 236 g/mol. The van der Waals surface area contributed by atoms with E-state index in [1.54, 1.807) is 11.3 Å². The van der Waals surface area contributed by atoms with Crippen molar-refractivity contribution in [1.29, 1.82) is 0 Å². The van der Waals surface area contributed by atoms with Crippen LogP contribution in [0, 0.1) is 13.8 Å². The number of rotatable bonds is 3. The van der Waals surface area contributed by atoms with Crippen molar-refractivity contribution in [2.45, 2.75) is 25.6 Å². The van der Waals surface area contributed by atoms with Crippen molar-refractivity contribution in [3.63, 3.8) is 0 Å². The van der Waals surface area contributed by atoms with Crippen LogP contribution in [-0.2, 0) is 6.42 Å². The number of thiophene rings is 1. The minimum Gasteiger partial charge on any atom is -0.152 e. The van der Waals surface area contributed by atoms with Crippen LogP contribution in [0.25, 0.3) is 0 Å². The van der Waals surface area contributed by atoms with Crippen LogP contribution in [0.1, 0.15) is 27.6 Å². The first-order valence-electron chi connectivity index (χ1n) is 5.39. The highest BCUT2D eigenvalue weighted by atomic mass is 35.5. The quantitative estimate of drug-likeness (QED) is 0.681. The van der Waals surface area contributed by atoms with Gasteiger partial charge in [0.1, 0.15) is 0 Å². The maximum absolute atomic E-state index is 6.48. The summed E-state index contributed by atoms with van der Waals surface area (Å²) in [5.74, 6) is 0. The van der Waals surface area contributed by atoms with Gasteiger partial charge < -0.3 is 0 Å². The molecule has 2 aromatic rings. The standard InChI is InChI=1S/C14H15ClS/c1-10-4-3-5-13(11(10)2)14(15)8-12-6-7-16-9-12/h3-7,9,14H,8H2,1-2H3. The van der Waals surface area contributed by atoms with Crippen molar-refractivity contribution in [3.8, 4) is 0 Å². The Morgan fingerprint density at radius 1 is 1.25 bits per heavy atom. The summed E-state index contributed by atoms with van der Waals surface area (Å²) in [6.07, 6.45) is 0.912. The predicted octanol–water partition coefficient (Wildman–Crippen LogP) is 4.89. The number of hydrogen-bond acceptors (Lipinski definition) is 1. The van der Waals surface area contributed by atoms with E-state index in [1.165, 1.54) is 22.3 Å². The third kappa shape index (κ3) is 2.47. The lowest BCUT2D eigenvalue weighted by molar-refractivity contribution is 0.911. The minimum atomic E-state index is 0.0782. The second-order valence-corrected chi connectivity index (χ2v) is 5.40. The lowest BCUT2D eigenvalue weighted by Gasteiger charge is -2.13. The van der Waals surface area contributed by atoms with Crippen molar-refractivity contribution in [2.24, 2.45) is 0 Å². The molecule has 0 saturated carbocycles. The van der Waals surface area contributed by atoms with E-state index in [-0.39, 0.29) is 5.38 Å². The number of benzene rings is 1. The third-order valence-corrected chi connectivity index (χ3v) is 4.10. The molecule has 0 saturated heterocycles. The number of aryl methyl sites for hydroxylation is 1. The molecule has 0 nitrogen and oxygen atoms in total. The van der Waals surface area contributed by atoms with Crippen LogP contribution < -0.4 is 0 Å². The van der Waals surface area contributed by atoms with Crippen LogP contribution in [-0.4, -0.2) is 0 Å². The Balaban J connectivity index is 2.21. The summed E-state index contributed by atoms with van der Waals surface area (Å²) in [6.45, 7) is 4.28. The Labute approximate surface area is 106 Å². The third-order valence-electron chi connectivity index (χ3n) is 2.98. The number of halogens is 1. The van der Waals surface area contributed by atoms with E-state index in [1.807, 2.05) is 0 Å². The molecule has 1 aromatic heterocycles. The van der Waals surface area contributed by atoms with E-state index < -0.39 is 0 Å². The molecule has 1 aromatic carbocycles. The first-order valence-corrected chi connectivity index (χ1v) is 6.77. The van der Waals surface area contributed by atoms with E-state index in [4.69, 9.17) is 11.6 Å². The first-order chi connectivity index (χ1) is 7.68. The first kappa shape index (κ1) is 11.7. The van der Waals surface area contributed by atoms with Gasteiger partial charge in [0.2, 0.25) is 0 Å². The largest absolute Gasteiger partial charge is 0.152 e. The molecule has 0 aliphatic rings. The monoisotopic (exact) mass is 250 g/mol. The van der Waals surface area contributed by atoms with Gasteiger partial charge in [0.05, 0.1) is 5.38 Å². The average Bonchev–Trinajstić information content (AvgIpc) is 2.74. The lowest BCUT2D eigenvalue weighted by atomic mass is 9.98. The molecule has 16 heavy (non-hydrogen) atoms. The molecule has 0 spiro atoms. The van der Waals surface area contributed by atoms with Gasteiger partial charge in [-0.05, 0) is 59.3 Å². The molecule has 0 radical (unpaired) electrons. The summed E-state index contributed by atoms with van der Waals surface area (Å²) >= 11 is 8.21. The van der Waals surface area contributed by atoms with E-state index >= 15 is 0 Å². The fourth-order valence-corrected chi connectivity index (χ4v) is 2.93. The predicted molar refractivity (Wildman–Crippen MR) is 72.5 cm³/mol. The minimum absolute atomic E-state index is 0.0782. The zero-order chi connectivity index (χ0) is 11.5. The molecule has 1 heterocycles. The molecule has 0 N–H and O–H groups in total. The lowest BCUT2D eigenvalue weighted by Crippen LogP contribution is -1.98. The Morgan fingerprint density at radius 3 is 2.75 bits per heavy atom. The van der Waals surface area contributed by atoms with Crippen molar-refractivity contribution >= 4 is 22.9 Å². The normalized spacial score (nSPS) is 12.7. The maximum Gasteiger partial charge on any atom is 0.0628 e. The summed E-state index contributed by atoms with van der Waals surface area (Å²) in [5, 5.41) is 4.34. The molecule has 2 rings (SSSR count). The van der Waals surface area contributed by atoms with Gasteiger partial charge >= 0.3 is 0 Å². The van der Waals surface area contributed by atoms with Gasteiger partial charge in [0.15, 0.2) is 0 Å². The van der Waals surface area contributed by atoms with Gasteiger partial charge in [-0.2, -0.15) is 11.3 Å². The molecule has 0 amide bonds. The van der Waals surface area contributed by atoms with Crippen LogP contribution in [0.15, 0.2) is 35.0 Å². The highest BCUT2D eigenvalue weighted by molar-refractivity contribution is 7.07. The number of alkyl halides is 1. The topological polar surface area (TPSA) is 0 Å². The zero-order valence-corrected chi connectivity index (χ0v) is 11.1. The highest BCUT2D eigenvalue weighted by Gasteiger charge is 2.12. The van der Waals surface area contributed by atoms with Crippen molar-refractivity contribution in [1.82, 2.24) is 0 Å². The molecule has 2 heteroatoms. The second-order valence-electron chi connectivity index (χ2n) is 4.09. The van der Waals surface area contributed by atoms with E-state index in [2.05, 4.69) is 48.9 Å². The Kier molecular flexibility index (Phi) is 3.67. The summed E-state index contributed by atoms with van der Waals surface area (Å²) in [5.41, 5.74) is 5.21. The SMILES string of the molecule is Cc1cccc(C(Cl)Cc2ccsc2)c1C. The summed E-state index contributed by atoms with van der Waals surface area (Å²) in [6, 6.07) is 8.49. The highest BCUT2D eigenvalue weighted by Crippen LogP contribution is 2.29. The Bertz CT molecular complexity index is 460. The molecule has 0 fully saturated rings. The summed E-state index contributed by atoms with van der Waals surface area (Å²) < 4.78 is 0. The van der Waals surface area contributed by atoms with Crippen LogP contribution in [0.2, 0.25) is 0 Å². The van der Waals surface area contributed by atoms with Crippen molar-refractivity contribution in [2.75, 3.05) is 0 Å². The van der Waals surface area contributed by atoms with E-state index in [0.717, 1.165) is 6.42 Å². The zero-order valence-electron chi connectivity index (χ0n) is 9.53. The second kappa shape index (κ2) is 5.03. The van der Waals surface area contributed by atoms with Crippen molar-refractivity contribution < 1.29 is 0 Å².